The molecule has 0 aromatic heterocycles. The lowest BCUT2D eigenvalue weighted by Crippen LogP contribution is -2.12. The van der Waals surface area contributed by atoms with Gasteiger partial charge in [0.15, 0.2) is 5.78 Å². The van der Waals surface area contributed by atoms with Crippen LogP contribution in [0.2, 0.25) is 0 Å². The lowest BCUT2D eigenvalue weighted by atomic mass is 9.87. The molecule has 2 heteroatoms. The molecule has 0 radical (unpaired) electrons. The second-order valence-electron chi connectivity index (χ2n) is 4.18. The number of anilines is 1. The van der Waals surface area contributed by atoms with Crippen molar-refractivity contribution < 1.29 is 4.79 Å². The van der Waals surface area contributed by atoms with Gasteiger partial charge in [-0.15, -0.1) is 0 Å². The van der Waals surface area contributed by atoms with Crippen molar-refractivity contribution in [1.29, 1.82) is 0 Å². The van der Waals surface area contributed by atoms with E-state index in [9.17, 15) is 4.79 Å². The number of carbonyl (C=O) groups is 1. The Morgan fingerprint density at radius 3 is 2.81 bits per heavy atom. The zero-order valence-corrected chi connectivity index (χ0v) is 9.21. The number of carbonyl (C=O) groups excluding carboxylic acids is 1. The Morgan fingerprint density at radius 2 is 2.00 bits per heavy atom. The summed E-state index contributed by atoms with van der Waals surface area (Å²) in [5.74, 6) is 0.258. The molecule has 0 saturated heterocycles. The molecule has 2 nitrogen and oxygen atoms in total. The van der Waals surface area contributed by atoms with Crippen LogP contribution in [0, 0.1) is 0 Å². The summed E-state index contributed by atoms with van der Waals surface area (Å²) in [4.78, 5) is 12.0. The molecule has 0 saturated carbocycles. The molecule has 2 aromatic rings. The van der Waals surface area contributed by atoms with Gasteiger partial charge in [0.25, 0.3) is 0 Å². The fourth-order valence-electron chi connectivity index (χ4n) is 2.53. The lowest BCUT2D eigenvalue weighted by Gasteiger charge is -2.19. The molecule has 1 aliphatic carbocycles. The summed E-state index contributed by atoms with van der Waals surface area (Å²) < 4.78 is 0. The first-order valence-electron chi connectivity index (χ1n) is 5.57. The van der Waals surface area contributed by atoms with Gasteiger partial charge in [0, 0.05) is 24.7 Å². The van der Waals surface area contributed by atoms with Gasteiger partial charge in [-0.3, -0.25) is 4.79 Å². The Labute approximate surface area is 94.3 Å². The van der Waals surface area contributed by atoms with E-state index in [2.05, 4.69) is 29.6 Å². The molecule has 0 aliphatic heterocycles. The van der Waals surface area contributed by atoms with Crippen molar-refractivity contribution in [3.05, 3.63) is 41.5 Å². The van der Waals surface area contributed by atoms with E-state index in [0.29, 0.717) is 6.42 Å². The number of nitrogens with one attached hydrogen (secondary N) is 1. The minimum Gasteiger partial charge on any atom is -0.388 e. The van der Waals surface area contributed by atoms with E-state index in [1.54, 1.807) is 0 Å². The molecule has 16 heavy (non-hydrogen) atoms. The number of hydrogen-bond acceptors (Lipinski definition) is 2. The average Bonchev–Trinajstić information content (AvgIpc) is 2.33. The van der Waals surface area contributed by atoms with Gasteiger partial charge >= 0.3 is 0 Å². The van der Waals surface area contributed by atoms with Crippen LogP contribution in [0.3, 0.4) is 0 Å². The molecule has 1 aliphatic rings. The van der Waals surface area contributed by atoms with Gasteiger partial charge in [-0.2, -0.15) is 0 Å². The highest BCUT2D eigenvalue weighted by molar-refractivity contribution is 6.15. The molecule has 0 atom stereocenters. The van der Waals surface area contributed by atoms with E-state index in [0.717, 1.165) is 23.1 Å². The largest absolute Gasteiger partial charge is 0.388 e. The van der Waals surface area contributed by atoms with Gasteiger partial charge < -0.3 is 5.32 Å². The molecule has 3 rings (SSSR count). The van der Waals surface area contributed by atoms with Gasteiger partial charge in [-0.25, -0.2) is 0 Å². The SMILES string of the molecule is CNc1ccc2cccc3c2c1C(=O)CC3. The second kappa shape index (κ2) is 3.34. The summed E-state index contributed by atoms with van der Waals surface area (Å²) in [7, 11) is 1.86. The summed E-state index contributed by atoms with van der Waals surface area (Å²) in [6.45, 7) is 0. The van der Waals surface area contributed by atoms with Gasteiger partial charge in [0.05, 0.1) is 0 Å². The molecule has 0 heterocycles. The minimum absolute atomic E-state index is 0.258. The maximum atomic E-state index is 12.0. The Bertz CT molecular complexity index is 587. The standard InChI is InChI=1S/C14H13NO/c1-15-11-7-5-9-3-2-4-10-6-8-12(16)14(11)13(9)10/h2-5,7,15H,6,8H2,1H3. The Kier molecular flexibility index (Phi) is 1.96. The van der Waals surface area contributed by atoms with Crippen molar-refractivity contribution in [3.63, 3.8) is 0 Å². The van der Waals surface area contributed by atoms with E-state index >= 15 is 0 Å². The van der Waals surface area contributed by atoms with Crippen molar-refractivity contribution in [3.8, 4) is 0 Å². The number of hydrogen-bond donors (Lipinski definition) is 1. The fraction of sp³-hybridized carbons (Fsp3) is 0.214. The van der Waals surface area contributed by atoms with Gasteiger partial charge in [-0.05, 0) is 28.8 Å². The number of benzene rings is 2. The highest BCUT2D eigenvalue weighted by Crippen LogP contribution is 2.34. The normalized spacial score (nSPS) is 14.2. The summed E-state index contributed by atoms with van der Waals surface area (Å²) in [6, 6.07) is 10.3. The van der Waals surface area contributed by atoms with Crippen molar-refractivity contribution in [1.82, 2.24) is 0 Å². The monoisotopic (exact) mass is 211 g/mol. The minimum atomic E-state index is 0.258. The fourth-order valence-corrected chi connectivity index (χ4v) is 2.53. The number of Topliss-reactive ketones (excluding diaryl/α,β-unsaturated/α-hetero) is 1. The second-order valence-corrected chi connectivity index (χ2v) is 4.18. The van der Waals surface area contributed by atoms with Gasteiger partial charge in [-0.1, -0.05) is 24.3 Å². The third-order valence-corrected chi connectivity index (χ3v) is 3.30. The third kappa shape index (κ3) is 1.16. The maximum absolute atomic E-state index is 12.0. The van der Waals surface area contributed by atoms with E-state index in [1.165, 1.54) is 10.9 Å². The Hall–Kier alpha value is -1.83. The predicted octanol–water partition coefficient (Wildman–Crippen LogP) is 3.01. The number of rotatable bonds is 1. The first kappa shape index (κ1) is 9.40. The molecule has 0 amide bonds. The summed E-state index contributed by atoms with van der Waals surface area (Å²) >= 11 is 0. The summed E-state index contributed by atoms with van der Waals surface area (Å²) in [6.07, 6.45) is 1.50. The lowest BCUT2D eigenvalue weighted by molar-refractivity contribution is 0.0982. The van der Waals surface area contributed by atoms with Crippen LogP contribution in [0.15, 0.2) is 30.3 Å². The number of aryl methyl sites for hydroxylation is 1. The Morgan fingerprint density at radius 1 is 1.12 bits per heavy atom. The van der Waals surface area contributed by atoms with Crippen molar-refractivity contribution >= 4 is 22.2 Å². The predicted molar refractivity (Wildman–Crippen MR) is 66.1 cm³/mol. The zero-order valence-electron chi connectivity index (χ0n) is 9.21. The van der Waals surface area contributed by atoms with Crippen LogP contribution in [0.1, 0.15) is 22.3 Å². The quantitative estimate of drug-likeness (QED) is 0.785. The van der Waals surface area contributed by atoms with Crippen LogP contribution in [0.4, 0.5) is 5.69 Å². The van der Waals surface area contributed by atoms with Crippen LogP contribution in [-0.4, -0.2) is 12.8 Å². The topological polar surface area (TPSA) is 29.1 Å². The summed E-state index contributed by atoms with van der Waals surface area (Å²) in [5, 5.41) is 5.42. The van der Waals surface area contributed by atoms with Crippen molar-refractivity contribution in [2.24, 2.45) is 0 Å². The van der Waals surface area contributed by atoms with E-state index in [-0.39, 0.29) is 5.78 Å². The molecular formula is C14H13NO. The molecular weight excluding hydrogens is 198 g/mol. The van der Waals surface area contributed by atoms with Gasteiger partial charge in [0.1, 0.15) is 0 Å². The van der Waals surface area contributed by atoms with Crippen LogP contribution in [0.25, 0.3) is 10.8 Å². The molecule has 80 valence electrons. The highest BCUT2D eigenvalue weighted by atomic mass is 16.1. The van der Waals surface area contributed by atoms with Crippen LogP contribution in [0.5, 0.6) is 0 Å². The van der Waals surface area contributed by atoms with Crippen LogP contribution >= 0.6 is 0 Å². The zero-order chi connectivity index (χ0) is 11.1. The van der Waals surface area contributed by atoms with Crippen molar-refractivity contribution in [2.45, 2.75) is 12.8 Å². The smallest absolute Gasteiger partial charge is 0.165 e. The molecule has 0 bridgehead atoms. The van der Waals surface area contributed by atoms with E-state index < -0.39 is 0 Å². The summed E-state index contributed by atoms with van der Waals surface area (Å²) in [5.41, 5.74) is 3.12. The molecule has 0 unspecified atom stereocenters. The third-order valence-electron chi connectivity index (χ3n) is 3.30. The molecule has 2 aromatic carbocycles. The number of ketones is 1. The Balaban J connectivity index is 2.48. The maximum Gasteiger partial charge on any atom is 0.165 e. The first-order valence-corrected chi connectivity index (χ1v) is 5.57. The van der Waals surface area contributed by atoms with Crippen LogP contribution in [-0.2, 0) is 6.42 Å². The van der Waals surface area contributed by atoms with E-state index in [4.69, 9.17) is 0 Å². The first-order chi connectivity index (χ1) is 7.81. The van der Waals surface area contributed by atoms with Crippen molar-refractivity contribution in [2.75, 3.05) is 12.4 Å². The van der Waals surface area contributed by atoms with Gasteiger partial charge in [0.2, 0.25) is 0 Å². The van der Waals surface area contributed by atoms with Crippen LogP contribution < -0.4 is 5.32 Å². The highest BCUT2D eigenvalue weighted by Gasteiger charge is 2.21. The molecule has 0 spiro atoms. The average molecular weight is 211 g/mol. The van der Waals surface area contributed by atoms with E-state index in [1.807, 2.05) is 13.1 Å². The molecule has 1 N–H and O–H groups in total. The molecule has 0 fully saturated rings.